The predicted molar refractivity (Wildman–Crippen MR) is 89.6 cm³/mol. The van der Waals surface area contributed by atoms with Gasteiger partial charge in [0.1, 0.15) is 16.0 Å². The lowest BCUT2D eigenvalue weighted by Gasteiger charge is -2.27. The molecule has 0 unspecified atom stereocenters. The molecule has 1 aliphatic heterocycles. The Hall–Kier alpha value is -0.780. The van der Waals surface area contributed by atoms with Crippen molar-refractivity contribution in [1.29, 1.82) is 0 Å². The summed E-state index contributed by atoms with van der Waals surface area (Å²) in [7, 11) is 3.43. The van der Waals surface area contributed by atoms with Crippen LogP contribution in [0.15, 0.2) is 10.5 Å². The second-order valence-corrected chi connectivity index (χ2v) is 6.06. The fraction of sp³-hybridized carbons (Fsp3) is 0.625. The zero-order valence-corrected chi connectivity index (χ0v) is 14.8. The van der Waals surface area contributed by atoms with Crippen LogP contribution in [0.25, 0.3) is 0 Å². The minimum absolute atomic E-state index is 0.889. The number of methoxy groups -OCH3 is 2. The quantitative estimate of drug-likeness (QED) is 0.848. The summed E-state index contributed by atoms with van der Waals surface area (Å²) in [5.74, 6) is 1.79. The number of nitrogens with one attached hydrogen (secondary N) is 1. The van der Waals surface area contributed by atoms with E-state index < -0.39 is 0 Å². The third-order valence-corrected chi connectivity index (χ3v) is 4.75. The van der Waals surface area contributed by atoms with Gasteiger partial charge in [0.15, 0.2) is 0 Å². The number of ether oxygens (including phenoxy) is 2. The van der Waals surface area contributed by atoms with Crippen LogP contribution in [0.1, 0.15) is 18.1 Å². The average molecular weight is 357 g/mol. The third kappa shape index (κ3) is 3.90. The molecule has 1 saturated heterocycles. The third-order valence-electron chi connectivity index (χ3n) is 4.03. The van der Waals surface area contributed by atoms with Crippen molar-refractivity contribution < 1.29 is 9.47 Å². The smallest absolute Gasteiger partial charge is 0.140 e. The van der Waals surface area contributed by atoms with Gasteiger partial charge in [-0.25, -0.2) is 0 Å². The Balaban J connectivity index is 2.18. The van der Waals surface area contributed by atoms with Crippen LogP contribution in [0.5, 0.6) is 11.5 Å². The molecule has 0 spiro atoms. The monoisotopic (exact) mass is 356 g/mol. The second-order valence-electron chi connectivity index (χ2n) is 5.27. The number of rotatable bonds is 6. The van der Waals surface area contributed by atoms with Crippen molar-refractivity contribution in [3.05, 3.63) is 21.7 Å². The predicted octanol–water partition coefficient (Wildman–Crippen LogP) is 2.48. The van der Waals surface area contributed by atoms with Gasteiger partial charge in [-0.1, -0.05) is 6.92 Å². The molecule has 0 aliphatic carbocycles. The molecule has 1 aromatic rings. The second kappa shape index (κ2) is 8.01. The standard InChI is InChI=1S/C16H25BrN2O2/c1-4-12-11-13(5-8-19-9-6-18-7-10-19)16(21-3)14(17)15(12)20-2/h11,18H,4-10H2,1-3H3. The molecule has 0 saturated carbocycles. The zero-order chi connectivity index (χ0) is 15.2. The molecule has 1 aromatic carbocycles. The van der Waals surface area contributed by atoms with Crippen LogP contribution in [0.2, 0.25) is 0 Å². The zero-order valence-electron chi connectivity index (χ0n) is 13.2. The number of halogens is 1. The average Bonchev–Trinajstić information content (AvgIpc) is 2.53. The highest BCUT2D eigenvalue weighted by atomic mass is 79.9. The maximum Gasteiger partial charge on any atom is 0.140 e. The molecule has 1 aliphatic rings. The van der Waals surface area contributed by atoms with Gasteiger partial charge in [-0.05, 0) is 46.0 Å². The number of hydrogen-bond acceptors (Lipinski definition) is 4. The first-order valence-corrected chi connectivity index (χ1v) is 8.35. The molecule has 0 atom stereocenters. The van der Waals surface area contributed by atoms with Crippen LogP contribution >= 0.6 is 15.9 Å². The van der Waals surface area contributed by atoms with Crippen LogP contribution in [-0.4, -0.2) is 51.8 Å². The molecule has 4 nitrogen and oxygen atoms in total. The van der Waals surface area contributed by atoms with Gasteiger partial charge in [-0.2, -0.15) is 0 Å². The highest BCUT2D eigenvalue weighted by molar-refractivity contribution is 9.10. The topological polar surface area (TPSA) is 33.7 Å². The molecular formula is C16H25BrN2O2. The van der Waals surface area contributed by atoms with Crippen LogP contribution < -0.4 is 14.8 Å². The van der Waals surface area contributed by atoms with Crippen molar-refractivity contribution >= 4 is 15.9 Å². The van der Waals surface area contributed by atoms with Crippen molar-refractivity contribution in [2.24, 2.45) is 0 Å². The molecule has 2 rings (SSSR count). The summed E-state index contributed by atoms with van der Waals surface area (Å²) in [4.78, 5) is 2.50. The molecule has 0 aromatic heterocycles. The highest BCUT2D eigenvalue weighted by Crippen LogP contribution is 2.40. The SMILES string of the molecule is CCc1cc(CCN2CCNCC2)c(OC)c(Br)c1OC. The minimum atomic E-state index is 0.889. The maximum absolute atomic E-state index is 5.60. The van der Waals surface area contributed by atoms with E-state index in [9.17, 15) is 0 Å². The van der Waals surface area contributed by atoms with Crippen LogP contribution in [0, 0.1) is 0 Å². The lowest BCUT2D eigenvalue weighted by Crippen LogP contribution is -2.44. The molecule has 5 heteroatoms. The first kappa shape index (κ1) is 16.6. The molecule has 0 radical (unpaired) electrons. The molecule has 21 heavy (non-hydrogen) atoms. The van der Waals surface area contributed by atoms with Crippen molar-refractivity contribution in [3.8, 4) is 11.5 Å². The first-order chi connectivity index (χ1) is 10.2. The van der Waals surface area contributed by atoms with E-state index in [-0.39, 0.29) is 0 Å². The number of aryl methyl sites for hydroxylation is 1. The molecule has 0 bridgehead atoms. The van der Waals surface area contributed by atoms with Gasteiger partial charge in [0.2, 0.25) is 0 Å². The lowest BCUT2D eigenvalue weighted by molar-refractivity contribution is 0.243. The van der Waals surface area contributed by atoms with E-state index in [2.05, 4.69) is 39.1 Å². The highest BCUT2D eigenvalue weighted by Gasteiger charge is 2.18. The lowest BCUT2D eigenvalue weighted by atomic mass is 10.0. The van der Waals surface area contributed by atoms with Gasteiger partial charge < -0.3 is 19.7 Å². The number of hydrogen-bond donors (Lipinski definition) is 1. The summed E-state index contributed by atoms with van der Waals surface area (Å²) in [6.07, 6.45) is 1.95. The fourth-order valence-electron chi connectivity index (χ4n) is 2.83. The van der Waals surface area contributed by atoms with Gasteiger partial charge in [-0.15, -0.1) is 0 Å². The van der Waals surface area contributed by atoms with E-state index in [1.165, 1.54) is 11.1 Å². The summed E-state index contributed by atoms with van der Waals surface area (Å²) < 4.78 is 12.0. The Kier molecular flexibility index (Phi) is 6.33. The number of benzene rings is 1. The van der Waals surface area contributed by atoms with E-state index in [0.29, 0.717) is 0 Å². The number of piperazine rings is 1. The van der Waals surface area contributed by atoms with E-state index in [4.69, 9.17) is 9.47 Å². The van der Waals surface area contributed by atoms with Crippen molar-refractivity contribution in [2.75, 3.05) is 46.9 Å². The van der Waals surface area contributed by atoms with Crippen LogP contribution in [0.4, 0.5) is 0 Å². The van der Waals surface area contributed by atoms with Crippen LogP contribution in [-0.2, 0) is 12.8 Å². The number of nitrogens with zero attached hydrogens (tertiary/aromatic N) is 1. The van der Waals surface area contributed by atoms with Gasteiger partial charge in [0, 0.05) is 32.7 Å². The summed E-state index contributed by atoms with van der Waals surface area (Å²) >= 11 is 3.64. The summed E-state index contributed by atoms with van der Waals surface area (Å²) in [5, 5.41) is 3.39. The van der Waals surface area contributed by atoms with Gasteiger partial charge in [0.25, 0.3) is 0 Å². The van der Waals surface area contributed by atoms with Crippen LogP contribution in [0.3, 0.4) is 0 Å². The molecule has 1 N–H and O–H groups in total. The summed E-state index contributed by atoms with van der Waals surface area (Å²) in [5.41, 5.74) is 2.47. The van der Waals surface area contributed by atoms with Crippen molar-refractivity contribution in [1.82, 2.24) is 10.2 Å². The molecule has 1 heterocycles. The Bertz CT molecular complexity index is 474. The van der Waals surface area contributed by atoms with E-state index >= 15 is 0 Å². The normalized spacial score (nSPS) is 16.0. The fourth-order valence-corrected chi connectivity index (χ4v) is 3.66. The van der Waals surface area contributed by atoms with E-state index in [1.807, 2.05) is 0 Å². The van der Waals surface area contributed by atoms with E-state index in [1.54, 1.807) is 14.2 Å². The molecule has 0 amide bonds. The van der Waals surface area contributed by atoms with Gasteiger partial charge >= 0.3 is 0 Å². The Morgan fingerprint density at radius 1 is 1.14 bits per heavy atom. The first-order valence-electron chi connectivity index (χ1n) is 7.56. The maximum atomic E-state index is 5.60. The Labute approximate surface area is 135 Å². The largest absolute Gasteiger partial charge is 0.495 e. The van der Waals surface area contributed by atoms with Crippen molar-refractivity contribution in [2.45, 2.75) is 19.8 Å². The summed E-state index contributed by atoms with van der Waals surface area (Å²) in [6.45, 7) is 7.64. The Morgan fingerprint density at radius 2 is 1.76 bits per heavy atom. The summed E-state index contributed by atoms with van der Waals surface area (Å²) in [6, 6.07) is 2.23. The minimum Gasteiger partial charge on any atom is -0.495 e. The Morgan fingerprint density at radius 3 is 2.33 bits per heavy atom. The van der Waals surface area contributed by atoms with Gasteiger partial charge in [-0.3, -0.25) is 0 Å². The molecule has 118 valence electrons. The molecule has 1 fully saturated rings. The van der Waals surface area contributed by atoms with E-state index in [0.717, 1.165) is 61.5 Å². The molecular weight excluding hydrogens is 332 g/mol. The van der Waals surface area contributed by atoms with Crippen molar-refractivity contribution in [3.63, 3.8) is 0 Å². The van der Waals surface area contributed by atoms with Gasteiger partial charge in [0.05, 0.1) is 14.2 Å².